The van der Waals surface area contributed by atoms with Crippen molar-refractivity contribution in [2.75, 3.05) is 11.1 Å². The van der Waals surface area contributed by atoms with E-state index in [-0.39, 0.29) is 5.17 Å². The molecule has 1 N–H and O–H groups in total. The number of anilines is 1. The summed E-state index contributed by atoms with van der Waals surface area (Å²) in [7, 11) is 0. The highest BCUT2D eigenvalue weighted by Gasteiger charge is 2.29. The van der Waals surface area contributed by atoms with Crippen molar-refractivity contribution < 1.29 is 22.0 Å². The zero-order chi connectivity index (χ0) is 15.8. The Morgan fingerprint density at radius 2 is 1.57 bits per heavy atom. The topological polar surface area (TPSA) is 24.4 Å². The summed E-state index contributed by atoms with van der Waals surface area (Å²) in [5.74, 6) is -9.26. The van der Waals surface area contributed by atoms with Crippen LogP contribution in [0.1, 0.15) is 26.7 Å². The molecule has 0 bridgehead atoms. The van der Waals surface area contributed by atoms with Crippen LogP contribution in [0, 0.1) is 29.1 Å². The molecule has 0 radical (unpaired) electrons. The second kappa shape index (κ2) is 5.82. The number of nitrogens with zero attached hydrogens (tertiary/aromatic N) is 1. The monoisotopic (exact) mass is 324 g/mol. The van der Waals surface area contributed by atoms with E-state index in [4.69, 9.17) is 0 Å². The maximum atomic E-state index is 13.6. The molecule has 1 heterocycles. The fraction of sp³-hybridized carbons (Fsp3) is 0.462. The fourth-order valence-electron chi connectivity index (χ4n) is 1.84. The third-order valence-corrected chi connectivity index (χ3v) is 4.33. The molecule has 116 valence electrons. The van der Waals surface area contributed by atoms with Crippen LogP contribution in [0.2, 0.25) is 0 Å². The summed E-state index contributed by atoms with van der Waals surface area (Å²) in [6, 6.07) is 0. The number of hydrogen-bond acceptors (Lipinski definition) is 3. The smallest absolute Gasteiger partial charge is 0.200 e. The minimum Gasteiger partial charge on any atom is -0.330 e. The van der Waals surface area contributed by atoms with Crippen molar-refractivity contribution in [1.82, 2.24) is 0 Å². The van der Waals surface area contributed by atoms with E-state index in [1.54, 1.807) is 0 Å². The van der Waals surface area contributed by atoms with Gasteiger partial charge in [0, 0.05) is 5.75 Å². The molecule has 0 aromatic heterocycles. The minimum atomic E-state index is -2.17. The Morgan fingerprint density at radius 1 is 1.05 bits per heavy atom. The van der Waals surface area contributed by atoms with Gasteiger partial charge in [0.1, 0.15) is 5.69 Å². The molecule has 1 aromatic carbocycles. The number of benzene rings is 1. The Bertz CT molecular complexity index is 576. The first-order chi connectivity index (χ1) is 9.79. The van der Waals surface area contributed by atoms with E-state index in [9.17, 15) is 22.0 Å². The molecule has 1 atom stereocenters. The SMILES string of the molecule is CCC1(C)CCSC(Nc2c(F)c(F)c(F)c(F)c2F)=N1. The number of nitrogens with one attached hydrogen (secondary N) is 1. The molecular weight excluding hydrogens is 311 g/mol. The molecule has 0 fully saturated rings. The van der Waals surface area contributed by atoms with Crippen LogP contribution >= 0.6 is 11.8 Å². The van der Waals surface area contributed by atoms with Crippen molar-refractivity contribution in [3.8, 4) is 0 Å². The highest BCUT2D eigenvalue weighted by molar-refractivity contribution is 8.14. The molecule has 0 aliphatic carbocycles. The number of thioether (sulfide) groups is 1. The molecule has 2 nitrogen and oxygen atoms in total. The second-order valence-corrected chi connectivity index (χ2v) is 6.02. The van der Waals surface area contributed by atoms with Gasteiger partial charge in [-0.2, -0.15) is 0 Å². The highest BCUT2D eigenvalue weighted by atomic mass is 32.2. The zero-order valence-electron chi connectivity index (χ0n) is 11.4. The summed E-state index contributed by atoms with van der Waals surface area (Å²) in [4.78, 5) is 4.29. The number of halogens is 5. The van der Waals surface area contributed by atoms with Gasteiger partial charge in [0.15, 0.2) is 28.4 Å². The third kappa shape index (κ3) is 3.00. The molecule has 0 spiro atoms. The van der Waals surface area contributed by atoms with Gasteiger partial charge in [-0.25, -0.2) is 22.0 Å². The van der Waals surface area contributed by atoms with Crippen LogP contribution in [-0.4, -0.2) is 16.5 Å². The van der Waals surface area contributed by atoms with Crippen molar-refractivity contribution in [3.63, 3.8) is 0 Å². The van der Waals surface area contributed by atoms with Crippen LogP contribution in [0.4, 0.5) is 27.6 Å². The van der Waals surface area contributed by atoms with Crippen molar-refractivity contribution >= 4 is 22.6 Å². The summed E-state index contributed by atoms with van der Waals surface area (Å²) < 4.78 is 66.4. The normalized spacial score (nSPS) is 22.1. The van der Waals surface area contributed by atoms with E-state index in [2.05, 4.69) is 10.3 Å². The Hall–Kier alpha value is -1.31. The number of hydrogen-bond donors (Lipinski definition) is 1. The quantitative estimate of drug-likeness (QED) is 0.493. The second-order valence-electron chi connectivity index (χ2n) is 4.94. The number of aliphatic imine (C=N–C) groups is 1. The highest BCUT2D eigenvalue weighted by Crippen LogP contribution is 2.32. The molecule has 1 aliphatic heterocycles. The van der Waals surface area contributed by atoms with Crippen molar-refractivity contribution in [2.24, 2.45) is 4.99 Å². The van der Waals surface area contributed by atoms with E-state index >= 15 is 0 Å². The molecular formula is C13H13F5N2S. The van der Waals surface area contributed by atoms with Gasteiger partial charge in [-0.1, -0.05) is 18.7 Å². The molecule has 0 saturated carbocycles. The van der Waals surface area contributed by atoms with E-state index < -0.39 is 40.3 Å². The molecule has 2 rings (SSSR count). The standard InChI is InChI=1S/C13H13F5N2S/c1-3-13(2)4-5-21-12(20-13)19-11-9(17)7(15)6(14)8(16)10(11)18/h3-5H2,1-2H3,(H,19,20). The summed E-state index contributed by atoms with van der Waals surface area (Å²) in [5, 5.41) is 2.38. The average molecular weight is 324 g/mol. The van der Waals surface area contributed by atoms with Crippen molar-refractivity contribution in [3.05, 3.63) is 29.1 Å². The van der Waals surface area contributed by atoms with Gasteiger partial charge in [-0.15, -0.1) is 0 Å². The Morgan fingerprint density at radius 3 is 2.10 bits per heavy atom. The molecule has 21 heavy (non-hydrogen) atoms. The van der Waals surface area contributed by atoms with Crippen molar-refractivity contribution in [2.45, 2.75) is 32.2 Å². The summed E-state index contributed by atoms with van der Waals surface area (Å²) in [5.41, 5.74) is -1.48. The van der Waals surface area contributed by atoms with E-state index in [0.29, 0.717) is 12.2 Å². The Labute approximate surface area is 122 Å². The van der Waals surface area contributed by atoms with E-state index in [0.717, 1.165) is 6.42 Å². The lowest BCUT2D eigenvalue weighted by atomic mass is 9.97. The number of rotatable bonds is 2. The maximum absolute atomic E-state index is 13.6. The molecule has 1 aromatic rings. The maximum Gasteiger partial charge on any atom is 0.200 e. The third-order valence-electron chi connectivity index (χ3n) is 3.45. The van der Waals surface area contributed by atoms with Gasteiger partial charge in [0.05, 0.1) is 5.54 Å². The first kappa shape index (κ1) is 16.1. The lowest BCUT2D eigenvalue weighted by Crippen LogP contribution is -2.30. The molecule has 1 unspecified atom stereocenters. The molecule has 8 heteroatoms. The molecule has 0 amide bonds. The van der Waals surface area contributed by atoms with Gasteiger partial charge >= 0.3 is 0 Å². The summed E-state index contributed by atoms with van der Waals surface area (Å²) >= 11 is 1.18. The largest absolute Gasteiger partial charge is 0.330 e. The first-order valence-electron chi connectivity index (χ1n) is 6.30. The lowest BCUT2D eigenvalue weighted by Gasteiger charge is -2.29. The first-order valence-corrected chi connectivity index (χ1v) is 7.28. The summed E-state index contributed by atoms with van der Waals surface area (Å²) in [6.07, 6.45) is 1.48. The lowest BCUT2D eigenvalue weighted by molar-refractivity contribution is 0.382. The van der Waals surface area contributed by atoms with Gasteiger partial charge in [0.25, 0.3) is 0 Å². The van der Waals surface area contributed by atoms with Gasteiger partial charge in [0.2, 0.25) is 5.82 Å². The van der Waals surface area contributed by atoms with Crippen LogP contribution in [0.25, 0.3) is 0 Å². The van der Waals surface area contributed by atoms with Gasteiger partial charge in [-0.3, -0.25) is 4.99 Å². The van der Waals surface area contributed by atoms with Crippen LogP contribution in [0.3, 0.4) is 0 Å². The Kier molecular flexibility index (Phi) is 4.46. The van der Waals surface area contributed by atoms with Gasteiger partial charge in [-0.05, 0) is 19.8 Å². The zero-order valence-corrected chi connectivity index (χ0v) is 12.2. The van der Waals surface area contributed by atoms with Gasteiger partial charge < -0.3 is 5.32 Å². The minimum absolute atomic E-state index is 0.147. The predicted molar refractivity (Wildman–Crippen MR) is 73.1 cm³/mol. The van der Waals surface area contributed by atoms with Crippen LogP contribution in [0.15, 0.2) is 4.99 Å². The number of amidine groups is 1. The van der Waals surface area contributed by atoms with E-state index in [1.165, 1.54) is 11.8 Å². The van der Waals surface area contributed by atoms with E-state index in [1.807, 2.05) is 13.8 Å². The van der Waals surface area contributed by atoms with Crippen LogP contribution in [-0.2, 0) is 0 Å². The predicted octanol–water partition coefficient (Wildman–Crippen LogP) is 4.46. The average Bonchev–Trinajstić information content (AvgIpc) is 2.48. The van der Waals surface area contributed by atoms with Crippen molar-refractivity contribution in [1.29, 1.82) is 0 Å². The Balaban J connectivity index is 2.41. The van der Waals surface area contributed by atoms with Crippen LogP contribution in [0.5, 0.6) is 0 Å². The van der Waals surface area contributed by atoms with Crippen LogP contribution < -0.4 is 5.32 Å². The molecule has 0 saturated heterocycles. The summed E-state index contributed by atoms with van der Waals surface area (Å²) in [6.45, 7) is 3.78. The molecule has 1 aliphatic rings. The fourth-order valence-corrected chi connectivity index (χ4v) is 3.04.